The summed E-state index contributed by atoms with van der Waals surface area (Å²) in [6.07, 6.45) is 6.87. The van der Waals surface area contributed by atoms with Crippen LogP contribution in [0.15, 0.2) is 30.6 Å². The highest BCUT2D eigenvalue weighted by molar-refractivity contribution is 5.80. The van der Waals surface area contributed by atoms with E-state index in [1.165, 1.54) is 18.5 Å². The minimum Gasteiger partial charge on any atom is -0.481 e. The van der Waals surface area contributed by atoms with Crippen LogP contribution in [-0.4, -0.2) is 37.1 Å². The van der Waals surface area contributed by atoms with Crippen molar-refractivity contribution in [3.8, 4) is 0 Å². The number of carbonyl (C=O) groups is 2. The van der Waals surface area contributed by atoms with Gasteiger partial charge >= 0.3 is 11.9 Å². The van der Waals surface area contributed by atoms with E-state index in [1.807, 2.05) is 0 Å². The fraction of sp³-hybridized carbons (Fsp3) is 0.333. The van der Waals surface area contributed by atoms with E-state index in [0.717, 1.165) is 0 Å². The van der Waals surface area contributed by atoms with E-state index in [4.69, 9.17) is 20.8 Å². The third kappa shape index (κ3) is 4.23. The maximum absolute atomic E-state index is 10.6. The normalized spacial score (nSPS) is 20.6. The van der Waals surface area contributed by atoms with Gasteiger partial charge in [-0.1, -0.05) is 12.2 Å². The number of nitrogens with one attached hydrogen (secondary N) is 1. The first-order valence-corrected chi connectivity index (χ1v) is 5.81. The quantitative estimate of drug-likeness (QED) is 0.455. The number of carboxylic acid groups (broad SMARTS) is 2. The zero-order valence-corrected chi connectivity index (χ0v) is 10.5. The SMILES string of the molecule is N=c1ncccn1O.O=C(O)[C@H]1CC=CC[C@H]1C(=O)O. The van der Waals surface area contributed by atoms with E-state index >= 15 is 0 Å². The maximum atomic E-state index is 10.6. The Bertz CT molecular complexity index is 542. The molecule has 2 rings (SSSR count). The molecule has 0 fully saturated rings. The monoisotopic (exact) mass is 281 g/mol. The second-order valence-electron chi connectivity index (χ2n) is 4.12. The second-order valence-corrected chi connectivity index (χ2v) is 4.12. The average Bonchev–Trinajstić information content (AvgIpc) is 2.43. The van der Waals surface area contributed by atoms with E-state index < -0.39 is 23.8 Å². The van der Waals surface area contributed by atoms with E-state index in [9.17, 15) is 9.59 Å². The maximum Gasteiger partial charge on any atom is 0.307 e. The van der Waals surface area contributed by atoms with Crippen LogP contribution < -0.4 is 5.62 Å². The van der Waals surface area contributed by atoms with Crippen LogP contribution in [0.4, 0.5) is 0 Å². The van der Waals surface area contributed by atoms with Gasteiger partial charge in [0, 0.05) is 12.4 Å². The van der Waals surface area contributed by atoms with Crippen LogP contribution in [0.2, 0.25) is 0 Å². The minimum atomic E-state index is -1.02. The van der Waals surface area contributed by atoms with E-state index in [0.29, 0.717) is 17.6 Å². The number of aliphatic carboxylic acids is 2. The van der Waals surface area contributed by atoms with Crippen molar-refractivity contribution in [2.75, 3.05) is 0 Å². The summed E-state index contributed by atoms with van der Waals surface area (Å²) in [5, 5.41) is 32.7. The first-order valence-electron chi connectivity index (χ1n) is 5.81. The molecular formula is C12H15N3O5. The summed E-state index contributed by atoms with van der Waals surface area (Å²) < 4.78 is 0.639. The van der Waals surface area contributed by atoms with Crippen LogP contribution in [-0.2, 0) is 9.59 Å². The lowest BCUT2D eigenvalue weighted by atomic mass is 9.83. The van der Waals surface area contributed by atoms with Gasteiger partial charge < -0.3 is 15.4 Å². The van der Waals surface area contributed by atoms with Crippen LogP contribution in [0, 0.1) is 17.2 Å². The van der Waals surface area contributed by atoms with E-state index in [2.05, 4.69) is 4.98 Å². The predicted octanol–water partition coefficient (Wildman–Crippen LogP) is 0.338. The highest BCUT2D eigenvalue weighted by atomic mass is 16.5. The molecule has 2 atom stereocenters. The molecule has 0 radical (unpaired) electrons. The Morgan fingerprint density at radius 3 is 2.00 bits per heavy atom. The Balaban J connectivity index is 0.000000217. The van der Waals surface area contributed by atoms with Crippen LogP contribution >= 0.6 is 0 Å². The molecule has 4 N–H and O–H groups in total. The minimum absolute atomic E-state index is 0.160. The predicted molar refractivity (Wildman–Crippen MR) is 65.9 cm³/mol. The molecule has 20 heavy (non-hydrogen) atoms. The smallest absolute Gasteiger partial charge is 0.307 e. The van der Waals surface area contributed by atoms with Crippen LogP contribution in [0.25, 0.3) is 0 Å². The molecule has 108 valence electrons. The summed E-state index contributed by atoms with van der Waals surface area (Å²) in [6.45, 7) is 0. The van der Waals surface area contributed by atoms with E-state index in [1.54, 1.807) is 12.2 Å². The third-order valence-electron chi connectivity index (χ3n) is 2.79. The summed E-state index contributed by atoms with van der Waals surface area (Å²) in [5.41, 5.74) is -0.160. The molecule has 8 nitrogen and oxygen atoms in total. The van der Waals surface area contributed by atoms with Gasteiger partial charge in [0.15, 0.2) is 0 Å². The van der Waals surface area contributed by atoms with Gasteiger partial charge in [0.05, 0.1) is 11.8 Å². The summed E-state index contributed by atoms with van der Waals surface area (Å²) in [5.74, 6) is -3.56. The highest BCUT2D eigenvalue weighted by Gasteiger charge is 2.33. The third-order valence-corrected chi connectivity index (χ3v) is 2.79. The van der Waals surface area contributed by atoms with Crippen LogP contribution in [0.3, 0.4) is 0 Å². The molecule has 0 aliphatic heterocycles. The molecule has 0 amide bonds. The fourth-order valence-electron chi connectivity index (χ4n) is 1.72. The Hall–Kier alpha value is -2.64. The van der Waals surface area contributed by atoms with Crippen molar-refractivity contribution in [3.05, 3.63) is 36.2 Å². The summed E-state index contributed by atoms with van der Waals surface area (Å²) >= 11 is 0. The molecule has 0 bridgehead atoms. The Kier molecular flexibility index (Phi) is 5.45. The molecule has 0 saturated heterocycles. The number of hydrogen-bond acceptors (Lipinski definition) is 5. The summed E-state index contributed by atoms with van der Waals surface area (Å²) in [6, 6.07) is 1.54. The standard InChI is InChI=1S/C8H10O4.C4H5N3O/c9-7(10)5-3-1-2-4-6(5)8(11)12;5-4-6-2-1-3-7(4)8/h1-2,5-6H,3-4H2,(H,9,10)(H,11,12);1-3,5,8H/t5-,6+;. The van der Waals surface area contributed by atoms with Crippen molar-refractivity contribution in [2.45, 2.75) is 12.8 Å². The molecular weight excluding hydrogens is 266 g/mol. The molecule has 1 aliphatic carbocycles. The van der Waals surface area contributed by atoms with Crippen molar-refractivity contribution in [1.82, 2.24) is 9.71 Å². The number of carboxylic acids is 2. The van der Waals surface area contributed by atoms with Crippen LogP contribution in [0.5, 0.6) is 0 Å². The summed E-state index contributed by atoms with van der Waals surface area (Å²) in [4.78, 5) is 24.6. The van der Waals surface area contributed by atoms with Gasteiger partial charge in [-0.3, -0.25) is 15.0 Å². The number of nitrogens with zero attached hydrogens (tertiary/aromatic N) is 2. The van der Waals surface area contributed by atoms with E-state index in [-0.39, 0.29) is 5.62 Å². The van der Waals surface area contributed by atoms with Crippen molar-refractivity contribution in [2.24, 2.45) is 11.8 Å². The van der Waals surface area contributed by atoms with Gasteiger partial charge in [-0.2, -0.15) is 4.73 Å². The lowest BCUT2D eigenvalue weighted by Crippen LogP contribution is -2.30. The van der Waals surface area contributed by atoms with Gasteiger partial charge in [0.1, 0.15) is 0 Å². The van der Waals surface area contributed by atoms with Gasteiger partial charge in [0.25, 0.3) is 5.62 Å². The zero-order chi connectivity index (χ0) is 15.1. The highest BCUT2D eigenvalue weighted by Crippen LogP contribution is 2.25. The largest absolute Gasteiger partial charge is 0.481 e. The lowest BCUT2D eigenvalue weighted by molar-refractivity contribution is -0.153. The Morgan fingerprint density at radius 2 is 1.70 bits per heavy atom. The molecule has 0 spiro atoms. The van der Waals surface area contributed by atoms with Gasteiger partial charge in [-0.05, 0) is 18.9 Å². The summed E-state index contributed by atoms with van der Waals surface area (Å²) in [7, 11) is 0. The average molecular weight is 281 g/mol. The molecule has 0 aromatic carbocycles. The second kappa shape index (κ2) is 7.07. The fourth-order valence-corrected chi connectivity index (χ4v) is 1.72. The Labute approximate surface area is 114 Å². The molecule has 0 unspecified atom stereocenters. The molecule has 1 aromatic heterocycles. The van der Waals surface area contributed by atoms with Gasteiger partial charge in [-0.25, -0.2) is 4.98 Å². The van der Waals surface area contributed by atoms with Gasteiger partial charge in [0.2, 0.25) is 0 Å². The van der Waals surface area contributed by atoms with Crippen molar-refractivity contribution < 1.29 is 25.0 Å². The first kappa shape index (κ1) is 15.4. The number of rotatable bonds is 2. The molecule has 1 aliphatic rings. The lowest BCUT2D eigenvalue weighted by Gasteiger charge is -2.20. The van der Waals surface area contributed by atoms with Crippen molar-refractivity contribution in [1.29, 1.82) is 5.41 Å². The van der Waals surface area contributed by atoms with Crippen molar-refractivity contribution in [3.63, 3.8) is 0 Å². The molecule has 0 saturated carbocycles. The van der Waals surface area contributed by atoms with Crippen LogP contribution in [0.1, 0.15) is 12.8 Å². The number of allylic oxidation sites excluding steroid dienone is 2. The molecule has 1 heterocycles. The molecule has 8 heteroatoms. The molecule has 1 aromatic rings. The Morgan fingerprint density at radius 1 is 1.20 bits per heavy atom. The number of aromatic nitrogens is 2. The zero-order valence-electron chi connectivity index (χ0n) is 10.5. The van der Waals surface area contributed by atoms with Crippen molar-refractivity contribution >= 4 is 11.9 Å². The van der Waals surface area contributed by atoms with Gasteiger partial charge in [-0.15, -0.1) is 0 Å². The number of hydrogen-bond donors (Lipinski definition) is 4. The topological polar surface area (TPSA) is 136 Å². The first-order chi connectivity index (χ1) is 9.43.